The van der Waals surface area contributed by atoms with Crippen LogP contribution in [0.4, 0.5) is 4.79 Å². The SMILES string of the molecule is CCOC(=O)C1=C(C)NC(=O)N[C@@H]1c1ccc(OCC(=O)N/N=C\c2cc(I)c(OCc3ccccc3)c(OC)c2)c(OC)c1. The molecule has 13 heteroatoms. The van der Waals surface area contributed by atoms with Crippen LogP contribution in [0.5, 0.6) is 23.0 Å². The molecule has 0 unspecified atom stereocenters. The number of esters is 1. The fraction of sp³-hybridized carbons (Fsp3) is 0.250. The van der Waals surface area contributed by atoms with Gasteiger partial charge in [-0.3, -0.25) is 4.79 Å². The summed E-state index contributed by atoms with van der Waals surface area (Å²) < 4.78 is 28.6. The molecular formula is C32H33IN4O8. The Bertz CT molecular complexity index is 1610. The molecule has 3 aromatic rings. The second-order valence-electron chi connectivity index (χ2n) is 9.59. The van der Waals surface area contributed by atoms with Gasteiger partial charge in [0.15, 0.2) is 29.6 Å². The molecule has 1 aliphatic rings. The molecule has 0 radical (unpaired) electrons. The number of carbonyl (C=O) groups is 3. The zero-order valence-corrected chi connectivity index (χ0v) is 27.3. The number of methoxy groups -OCH3 is 2. The van der Waals surface area contributed by atoms with Crippen molar-refractivity contribution in [1.29, 1.82) is 0 Å². The lowest BCUT2D eigenvalue weighted by molar-refractivity contribution is -0.139. The van der Waals surface area contributed by atoms with E-state index in [4.69, 9.17) is 23.7 Å². The first-order valence-electron chi connectivity index (χ1n) is 13.9. The van der Waals surface area contributed by atoms with E-state index in [1.165, 1.54) is 13.3 Å². The molecule has 0 saturated carbocycles. The van der Waals surface area contributed by atoms with E-state index in [1.807, 2.05) is 36.4 Å². The highest BCUT2D eigenvalue weighted by molar-refractivity contribution is 14.1. The van der Waals surface area contributed by atoms with Gasteiger partial charge in [0.05, 0.1) is 42.2 Å². The maximum Gasteiger partial charge on any atom is 0.338 e. The van der Waals surface area contributed by atoms with E-state index >= 15 is 0 Å². The summed E-state index contributed by atoms with van der Waals surface area (Å²) in [6, 6.07) is 17.1. The zero-order valence-electron chi connectivity index (χ0n) is 25.1. The van der Waals surface area contributed by atoms with Gasteiger partial charge in [-0.2, -0.15) is 5.10 Å². The largest absolute Gasteiger partial charge is 0.493 e. The lowest BCUT2D eigenvalue weighted by atomic mass is 9.95. The average Bonchev–Trinajstić information content (AvgIpc) is 3.03. The van der Waals surface area contributed by atoms with Crippen LogP contribution in [0.2, 0.25) is 0 Å². The molecular weight excluding hydrogens is 695 g/mol. The van der Waals surface area contributed by atoms with E-state index in [-0.39, 0.29) is 24.5 Å². The number of carbonyl (C=O) groups excluding carboxylic acids is 3. The summed E-state index contributed by atoms with van der Waals surface area (Å²) in [6.45, 7) is 3.55. The molecule has 45 heavy (non-hydrogen) atoms. The Morgan fingerprint density at radius 1 is 1.00 bits per heavy atom. The Morgan fingerprint density at radius 3 is 2.47 bits per heavy atom. The van der Waals surface area contributed by atoms with Gasteiger partial charge in [0.1, 0.15) is 6.61 Å². The molecule has 0 spiro atoms. The second kappa shape index (κ2) is 15.8. The molecule has 4 rings (SSSR count). The van der Waals surface area contributed by atoms with Crippen LogP contribution in [-0.2, 0) is 20.9 Å². The number of allylic oxidation sites excluding steroid dienone is 1. The Hall–Kier alpha value is -4.79. The van der Waals surface area contributed by atoms with Crippen LogP contribution in [0.15, 0.2) is 77.0 Å². The van der Waals surface area contributed by atoms with Gasteiger partial charge in [-0.1, -0.05) is 36.4 Å². The third-order valence-electron chi connectivity index (χ3n) is 6.52. The lowest BCUT2D eigenvalue weighted by Crippen LogP contribution is -2.45. The fourth-order valence-electron chi connectivity index (χ4n) is 4.44. The molecule has 0 bridgehead atoms. The quantitative estimate of drug-likeness (QED) is 0.100. The highest BCUT2D eigenvalue weighted by atomic mass is 127. The highest BCUT2D eigenvalue weighted by Gasteiger charge is 2.32. The molecule has 0 fully saturated rings. The third-order valence-corrected chi connectivity index (χ3v) is 7.33. The van der Waals surface area contributed by atoms with Crippen molar-refractivity contribution in [3.63, 3.8) is 0 Å². The fourth-order valence-corrected chi connectivity index (χ4v) is 5.23. The Morgan fingerprint density at radius 2 is 1.76 bits per heavy atom. The number of nitrogens with zero attached hydrogens (tertiary/aromatic N) is 1. The Kier molecular flexibility index (Phi) is 11.6. The number of rotatable bonds is 13. The minimum atomic E-state index is -0.774. The van der Waals surface area contributed by atoms with E-state index in [1.54, 1.807) is 45.2 Å². The van der Waals surface area contributed by atoms with E-state index in [9.17, 15) is 14.4 Å². The van der Waals surface area contributed by atoms with Crippen LogP contribution in [0, 0.1) is 3.57 Å². The number of hydrazone groups is 1. The molecule has 1 aliphatic heterocycles. The van der Waals surface area contributed by atoms with Gasteiger partial charge in [0, 0.05) is 5.70 Å². The summed E-state index contributed by atoms with van der Waals surface area (Å²) in [7, 11) is 3.00. The number of urea groups is 1. The van der Waals surface area contributed by atoms with Crippen molar-refractivity contribution in [2.45, 2.75) is 26.5 Å². The molecule has 12 nitrogen and oxygen atoms in total. The van der Waals surface area contributed by atoms with Crippen molar-refractivity contribution in [2.75, 3.05) is 27.4 Å². The molecule has 1 heterocycles. The summed E-state index contributed by atoms with van der Waals surface area (Å²) in [5.74, 6) is 0.675. The highest BCUT2D eigenvalue weighted by Crippen LogP contribution is 2.35. The second-order valence-corrected chi connectivity index (χ2v) is 10.8. The van der Waals surface area contributed by atoms with Crippen molar-refractivity contribution in [3.05, 3.63) is 92.2 Å². The molecule has 1 atom stereocenters. The summed E-state index contributed by atoms with van der Waals surface area (Å²) in [5.41, 5.74) is 5.38. The normalized spacial score (nSPS) is 14.3. The summed E-state index contributed by atoms with van der Waals surface area (Å²) >= 11 is 2.16. The number of ether oxygens (including phenoxy) is 5. The van der Waals surface area contributed by atoms with Gasteiger partial charge < -0.3 is 34.3 Å². The number of hydrogen-bond acceptors (Lipinski definition) is 9. The third kappa shape index (κ3) is 8.65. The van der Waals surface area contributed by atoms with Crippen LogP contribution in [0.1, 0.15) is 36.6 Å². The van der Waals surface area contributed by atoms with Crippen molar-refractivity contribution in [3.8, 4) is 23.0 Å². The van der Waals surface area contributed by atoms with Gasteiger partial charge in [0.25, 0.3) is 5.91 Å². The van der Waals surface area contributed by atoms with Crippen molar-refractivity contribution in [2.24, 2.45) is 5.10 Å². The van der Waals surface area contributed by atoms with Gasteiger partial charge in [0.2, 0.25) is 0 Å². The number of nitrogens with one attached hydrogen (secondary N) is 3. The van der Waals surface area contributed by atoms with Gasteiger partial charge in [-0.25, -0.2) is 15.0 Å². The number of hydrogen-bond donors (Lipinski definition) is 3. The van der Waals surface area contributed by atoms with Crippen molar-refractivity contribution >= 4 is 46.7 Å². The Labute approximate surface area is 274 Å². The predicted octanol–water partition coefficient (Wildman–Crippen LogP) is 4.61. The molecule has 3 N–H and O–H groups in total. The maximum atomic E-state index is 12.6. The first kappa shape index (κ1) is 33.1. The van der Waals surface area contributed by atoms with E-state index in [0.717, 1.165) is 9.13 Å². The molecule has 236 valence electrons. The van der Waals surface area contributed by atoms with E-state index in [0.29, 0.717) is 40.7 Å². The zero-order chi connectivity index (χ0) is 32.3. The molecule has 3 amide bonds. The standard InChI is InChI=1S/C32H33IN4O8/c1-5-43-31(39)28-19(2)35-32(40)36-29(28)22-11-12-24(25(15-22)41-3)44-18-27(38)37-34-16-21-13-23(33)30(26(14-21)42-4)45-17-20-9-7-6-8-10-20/h6-16,29H,5,17-18H2,1-4H3,(H,37,38)(H2,35,36,40)/b34-16-/t29-/m1/s1. The van der Waals surface area contributed by atoms with Crippen LogP contribution in [0.3, 0.4) is 0 Å². The first-order chi connectivity index (χ1) is 21.7. The molecule has 0 aromatic heterocycles. The summed E-state index contributed by atoms with van der Waals surface area (Å²) in [6.07, 6.45) is 1.49. The van der Waals surface area contributed by atoms with E-state index in [2.05, 4.69) is 43.8 Å². The molecule has 3 aromatic carbocycles. The summed E-state index contributed by atoms with van der Waals surface area (Å²) in [4.78, 5) is 37.3. The van der Waals surface area contributed by atoms with Crippen LogP contribution >= 0.6 is 22.6 Å². The van der Waals surface area contributed by atoms with Crippen LogP contribution < -0.4 is 35.0 Å². The maximum absolute atomic E-state index is 12.6. The first-order valence-corrected chi connectivity index (χ1v) is 14.9. The van der Waals surface area contributed by atoms with Gasteiger partial charge >= 0.3 is 12.0 Å². The monoisotopic (exact) mass is 728 g/mol. The minimum absolute atomic E-state index is 0.183. The Balaban J connectivity index is 1.37. The number of halogens is 1. The molecule has 0 saturated heterocycles. The van der Waals surface area contributed by atoms with Crippen LogP contribution in [-0.4, -0.2) is 51.6 Å². The number of benzene rings is 3. The van der Waals surface area contributed by atoms with Gasteiger partial charge in [-0.15, -0.1) is 0 Å². The summed E-state index contributed by atoms with van der Waals surface area (Å²) in [5, 5.41) is 9.37. The lowest BCUT2D eigenvalue weighted by Gasteiger charge is -2.28. The minimum Gasteiger partial charge on any atom is -0.493 e. The average molecular weight is 729 g/mol. The van der Waals surface area contributed by atoms with Crippen molar-refractivity contribution in [1.82, 2.24) is 16.1 Å². The van der Waals surface area contributed by atoms with Gasteiger partial charge in [-0.05, 0) is 77.4 Å². The van der Waals surface area contributed by atoms with Crippen molar-refractivity contribution < 1.29 is 38.1 Å². The van der Waals surface area contributed by atoms with E-state index < -0.39 is 23.9 Å². The topological polar surface area (TPSA) is 146 Å². The number of amides is 3. The smallest absolute Gasteiger partial charge is 0.338 e. The molecule has 0 aliphatic carbocycles. The van der Waals surface area contributed by atoms with Crippen LogP contribution in [0.25, 0.3) is 0 Å². The predicted molar refractivity (Wildman–Crippen MR) is 174 cm³/mol.